The maximum atomic E-state index is 11.9. The van der Waals surface area contributed by atoms with Crippen LogP contribution < -0.4 is 10.9 Å². The van der Waals surface area contributed by atoms with Crippen molar-refractivity contribution in [3.05, 3.63) is 65.0 Å². The van der Waals surface area contributed by atoms with Gasteiger partial charge < -0.3 is 8.94 Å². The van der Waals surface area contributed by atoms with Crippen LogP contribution in [0.3, 0.4) is 0 Å². The predicted octanol–water partition coefficient (Wildman–Crippen LogP) is 2.66. The molecule has 116 valence electrons. The standard InChI is InChI=1S/C15H10ClN3O4/c16-10-5-3-9(4-6-10)14(20)17-18-15(21)11-8-13(23-19-11)12-2-1-7-22-12/h1-8H,(H,17,20)(H,18,21). The molecule has 3 aromatic rings. The van der Waals surface area contributed by atoms with Crippen LogP contribution in [0, 0.1) is 0 Å². The number of furan rings is 1. The Hall–Kier alpha value is -3.06. The second kappa shape index (κ2) is 6.37. The second-order valence-corrected chi connectivity index (χ2v) is 4.91. The number of halogens is 1. The molecule has 23 heavy (non-hydrogen) atoms. The Labute approximate surface area is 135 Å². The molecular formula is C15H10ClN3O4. The van der Waals surface area contributed by atoms with Gasteiger partial charge in [-0.25, -0.2) is 0 Å². The second-order valence-electron chi connectivity index (χ2n) is 4.47. The number of hydrogen-bond donors (Lipinski definition) is 2. The summed E-state index contributed by atoms with van der Waals surface area (Å²) in [6, 6.07) is 11.0. The van der Waals surface area contributed by atoms with E-state index in [4.69, 9.17) is 20.5 Å². The molecule has 0 atom stereocenters. The average molecular weight is 332 g/mol. The molecule has 0 radical (unpaired) electrons. The van der Waals surface area contributed by atoms with E-state index in [1.54, 1.807) is 24.3 Å². The van der Waals surface area contributed by atoms with E-state index in [9.17, 15) is 9.59 Å². The monoisotopic (exact) mass is 331 g/mol. The molecule has 0 aliphatic heterocycles. The summed E-state index contributed by atoms with van der Waals surface area (Å²) < 4.78 is 10.1. The Kier molecular flexibility index (Phi) is 4.11. The molecule has 0 spiro atoms. The van der Waals surface area contributed by atoms with Gasteiger partial charge in [0.25, 0.3) is 11.8 Å². The Bertz CT molecular complexity index is 825. The Morgan fingerprint density at radius 1 is 1.00 bits per heavy atom. The lowest BCUT2D eigenvalue weighted by Gasteiger charge is -2.05. The first-order valence-corrected chi connectivity index (χ1v) is 6.88. The van der Waals surface area contributed by atoms with E-state index in [0.717, 1.165) is 0 Å². The molecule has 0 bridgehead atoms. The third-order valence-corrected chi connectivity index (χ3v) is 3.15. The van der Waals surface area contributed by atoms with Crippen LogP contribution in [0.5, 0.6) is 0 Å². The lowest BCUT2D eigenvalue weighted by atomic mass is 10.2. The smallest absolute Gasteiger partial charge is 0.291 e. The van der Waals surface area contributed by atoms with Crippen molar-refractivity contribution in [2.45, 2.75) is 0 Å². The van der Waals surface area contributed by atoms with Crippen LogP contribution >= 0.6 is 11.6 Å². The van der Waals surface area contributed by atoms with Gasteiger partial charge in [-0.05, 0) is 36.4 Å². The van der Waals surface area contributed by atoms with E-state index >= 15 is 0 Å². The summed E-state index contributed by atoms with van der Waals surface area (Å²) in [7, 11) is 0. The first kappa shape index (κ1) is 14.9. The van der Waals surface area contributed by atoms with Crippen LogP contribution in [0.2, 0.25) is 5.02 Å². The molecule has 0 aliphatic carbocycles. The van der Waals surface area contributed by atoms with Crippen LogP contribution in [0.25, 0.3) is 11.5 Å². The quantitative estimate of drug-likeness (QED) is 0.719. The number of benzene rings is 1. The van der Waals surface area contributed by atoms with Gasteiger partial charge in [-0.1, -0.05) is 16.8 Å². The zero-order valence-corrected chi connectivity index (χ0v) is 12.3. The molecule has 7 nitrogen and oxygen atoms in total. The molecule has 2 aromatic heterocycles. The van der Waals surface area contributed by atoms with Crippen LogP contribution in [0.15, 0.2) is 57.7 Å². The van der Waals surface area contributed by atoms with E-state index in [1.807, 2.05) is 0 Å². The molecule has 0 fully saturated rings. The fraction of sp³-hybridized carbons (Fsp3) is 0. The minimum Gasteiger partial charge on any atom is -0.461 e. The summed E-state index contributed by atoms with van der Waals surface area (Å²) in [4.78, 5) is 23.8. The van der Waals surface area contributed by atoms with Crippen molar-refractivity contribution in [3.63, 3.8) is 0 Å². The summed E-state index contributed by atoms with van der Waals surface area (Å²) in [5.74, 6) is -0.343. The molecule has 1 aromatic carbocycles. The number of carbonyl (C=O) groups is 2. The lowest BCUT2D eigenvalue weighted by Crippen LogP contribution is -2.41. The Morgan fingerprint density at radius 2 is 1.74 bits per heavy atom. The van der Waals surface area contributed by atoms with Gasteiger partial charge in [0.2, 0.25) is 5.76 Å². The number of rotatable bonds is 3. The zero-order valence-electron chi connectivity index (χ0n) is 11.6. The lowest BCUT2D eigenvalue weighted by molar-refractivity contribution is 0.0841. The highest BCUT2D eigenvalue weighted by Crippen LogP contribution is 2.20. The highest BCUT2D eigenvalue weighted by molar-refractivity contribution is 6.30. The SMILES string of the molecule is O=C(NNC(=O)c1cc(-c2ccco2)on1)c1ccc(Cl)cc1. The highest BCUT2D eigenvalue weighted by Gasteiger charge is 2.16. The van der Waals surface area contributed by atoms with Crippen molar-refractivity contribution in [3.8, 4) is 11.5 Å². The van der Waals surface area contributed by atoms with Crippen molar-refractivity contribution < 1.29 is 18.5 Å². The summed E-state index contributed by atoms with van der Waals surface area (Å²) in [6.45, 7) is 0. The molecule has 0 saturated carbocycles. The van der Waals surface area contributed by atoms with E-state index in [0.29, 0.717) is 22.1 Å². The number of aromatic nitrogens is 1. The predicted molar refractivity (Wildman–Crippen MR) is 80.6 cm³/mol. The average Bonchev–Trinajstić information content (AvgIpc) is 3.23. The number of amides is 2. The van der Waals surface area contributed by atoms with Crippen molar-refractivity contribution in [2.24, 2.45) is 0 Å². The van der Waals surface area contributed by atoms with E-state index < -0.39 is 11.8 Å². The topological polar surface area (TPSA) is 97.4 Å². The molecule has 2 amide bonds. The summed E-state index contributed by atoms with van der Waals surface area (Å²) >= 11 is 5.74. The van der Waals surface area contributed by atoms with Gasteiger partial charge in [-0.3, -0.25) is 20.4 Å². The Morgan fingerprint density at radius 3 is 2.43 bits per heavy atom. The first-order chi connectivity index (χ1) is 11.1. The van der Waals surface area contributed by atoms with Crippen LogP contribution in [-0.2, 0) is 0 Å². The van der Waals surface area contributed by atoms with E-state index in [1.165, 1.54) is 24.5 Å². The largest absolute Gasteiger partial charge is 0.461 e. The number of carbonyl (C=O) groups excluding carboxylic acids is 2. The van der Waals surface area contributed by atoms with Gasteiger partial charge in [0, 0.05) is 16.7 Å². The van der Waals surface area contributed by atoms with Gasteiger partial charge in [-0.2, -0.15) is 0 Å². The summed E-state index contributed by atoms with van der Waals surface area (Å²) in [5.41, 5.74) is 4.88. The maximum absolute atomic E-state index is 11.9. The Balaban J connectivity index is 1.61. The van der Waals surface area contributed by atoms with Crippen LogP contribution in [-0.4, -0.2) is 17.0 Å². The zero-order chi connectivity index (χ0) is 16.2. The highest BCUT2D eigenvalue weighted by atomic mass is 35.5. The van der Waals surface area contributed by atoms with Gasteiger partial charge in [-0.15, -0.1) is 0 Å². The van der Waals surface area contributed by atoms with Gasteiger partial charge >= 0.3 is 0 Å². The molecule has 0 saturated heterocycles. The van der Waals surface area contributed by atoms with Gasteiger partial charge in [0.15, 0.2) is 11.5 Å². The molecule has 2 heterocycles. The fourth-order valence-corrected chi connectivity index (χ4v) is 1.89. The van der Waals surface area contributed by atoms with Crippen molar-refractivity contribution in [2.75, 3.05) is 0 Å². The minimum atomic E-state index is -0.617. The van der Waals surface area contributed by atoms with Crippen molar-refractivity contribution >= 4 is 23.4 Å². The van der Waals surface area contributed by atoms with E-state index in [2.05, 4.69) is 16.0 Å². The number of nitrogens with zero attached hydrogens (tertiary/aromatic N) is 1. The third-order valence-electron chi connectivity index (χ3n) is 2.90. The summed E-state index contributed by atoms with van der Waals surface area (Å²) in [6.07, 6.45) is 1.48. The molecule has 0 aliphatic rings. The number of nitrogens with one attached hydrogen (secondary N) is 2. The van der Waals surface area contributed by atoms with Crippen molar-refractivity contribution in [1.82, 2.24) is 16.0 Å². The van der Waals surface area contributed by atoms with Gasteiger partial charge in [0.05, 0.1) is 6.26 Å². The van der Waals surface area contributed by atoms with Crippen molar-refractivity contribution in [1.29, 1.82) is 0 Å². The van der Waals surface area contributed by atoms with E-state index in [-0.39, 0.29) is 5.69 Å². The number of hydrazine groups is 1. The third kappa shape index (κ3) is 3.41. The molecule has 3 rings (SSSR count). The molecular weight excluding hydrogens is 322 g/mol. The normalized spacial score (nSPS) is 10.3. The summed E-state index contributed by atoms with van der Waals surface area (Å²) in [5, 5.41) is 4.13. The fourth-order valence-electron chi connectivity index (χ4n) is 1.77. The first-order valence-electron chi connectivity index (χ1n) is 6.50. The molecule has 2 N–H and O–H groups in total. The molecule has 8 heteroatoms. The number of hydrogen-bond acceptors (Lipinski definition) is 5. The maximum Gasteiger partial charge on any atom is 0.291 e. The van der Waals surface area contributed by atoms with Crippen LogP contribution in [0.1, 0.15) is 20.8 Å². The van der Waals surface area contributed by atoms with Crippen LogP contribution in [0.4, 0.5) is 0 Å². The van der Waals surface area contributed by atoms with Gasteiger partial charge in [0.1, 0.15) is 0 Å². The molecule has 0 unspecified atom stereocenters. The minimum absolute atomic E-state index is 0.00723.